The third kappa shape index (κ3) is 4.17. The summed E-state index contributed by atoms with van der Waals surface area (Å²) < 4.78 is 0. The topological polar surface area (TPSA) is 129 Å². The van der Waals surface area contributed by atoms with Gasteiger partial charge in [0.2, 0.25) is 5.91 Å². The summed E-state index contributed by atoms with van der Waals surface area (Å²) in [6, 6.07) is 13.5. The highest BCUT2D eigenvalue weighted by molar-refractivity contribution is 7.17. The first-order valence-electron chi connectivity index (χ1n) is 11.7. The summed E-state index contributed by atoms with van der Waals surface area (Å²) in [5, 5.41) is 11.2. The third-order valence-electron chi connectivity index (χ3n) is 6.04. The quantitative estimate of drug-likeness (QED) is 0.243. The highest BCUT2D eigenvalue weighted by Gasteiger charge is 2.17. The number of aromatic amines is 2. The first kappa shape index (κ1) is 22.7. The number of hydrogen-bond acceptors (Lipinski definition) is 7. The summed E-state index contributed by atoms with van der Waals surface area (Å²) >= 11 is 1.46. The van der Waals surface area contributed by atoms with Crippen LogP contribution in [0.4, 0.5) is 5.69 Å². The molecule has 182 valence electrons. The van der Waals surface area contributed by atoms with E-state index in [4.69, 9.17) is 4.98 Å². The largest absolute Gasteiger partial charge is 0.337 e. The van der Waals surface area contributed by atoms with Crippen molar-refractivity contribution in [3.05, 3.63) is 65.9 Å². The summed E-state index contributed by atoms with van der Waals surface area (Å²) in [6.07, 6.45) is 5.43. The molecule has 0 radical (unpaired) electrons. The number of benzene rings is 1. The Labute approximate surface area is 215 Å². The normalized spacial score (nSPS) is 11.3. The third-order valence-corrected chi connectivity index (χ3v) is 7.26. The number of nitrogens with zero attached hydrogens (tertiary/aromatic N) is 4. The molecule has 6 rings (SSSR count). The molecule has 37 heavy (non-hydrogen) atoms. The number of aromatic nitrogens is 6. The van der Waals surface area contributed by atoms with Gasteiger partial charge in [-0.15, -0.1) is 11.3 Å². The predicted octanol–water partition coefficient (Wildman–Crippen LogP) is 5.84. The molecule has 1 amide bonds. The molecule has 10 heteroatoms. The fourth-order valence-corrected chi connectivity index (χ4v) is 5.10. The number of rotatable bonds is 6. The van der Waals surface area contributed by atoms with Crippen molar-refractivity contribution < 1.29 is 9.59 Å². The molecule has 0 aliphatic rings. The van der Waals surface area contributed by atoms with E-state index in [9.17, 15) is 9.59 Å². The van der Waals surface area contributed by atoms with Crippen LogP contribution in [0.5, 0.6) is 0 Å². The minimum absolute atomic E-state index is 0.0482. The van der Waals surface area contributed by atoms with Crippen molar-refractivity contribution in [2.75, 3.05) is 5.32 Å². The lowest BCUT2D eigenvalue weighted by Crippen LogP contribution is -2.09. The maximum Gasteiger partial charge on any atom is 0.224 e. The van der Waals surface area contributed by atoms with E-state index in [1.807, 2.05) is 42.5 Å². The monoisotopic (exact) mass is 507 g/mol. The van der Waals surface area contributed by atoms with Gasteiger partial charge < -0.3 is 10.3 Å². The molecule has 9 nitrogen and oxygen atoms in total. The van der Waals surface area contributed by atoms with Crippen LogP contribution in [0.15, 0.2) is 61.1 Å². The number of pyridine rings is 2. The average Bonchev–Trinajstić information content (AvgIpc) is 3.66. The number of fused-ring (bicyclic) bond motifs is 2. The van der Waals surface area contributed by atoms with Gasteiger partial charge in [-0.3, -0.25) is 24.7 Å². The van der Waals surface area contributed by atoms with E-state index in [2.05, 4.69) is 30.5 Å². The number of thiophene rings is 1. The van der Waals surface area contributed by atoms with Crippen LogP contribution in [0, 0.1) is 0 Å². The van der Waals surface area contributed by atoms with E-state index in [-0.39, 0.29) is 11.7 Å². The molecule has 5 heterocycles. The number of carbonyl (C=O) groups excluding carboxylic acids is 2. The molecule has 1 aromatic carbocycles. The number of imidazole rings is 1. The zero-order valence-corrected chi connectivity index (χ0v) is 20.8. The highest BCUT2D eigenvalue weighted by atomic mass is 32.1. The van der Waals surface area contributed by atoms with Crippen LogP contribution in [-0.4, -0.2) is 41.8 Å². The number of anilines is 1. The number of carbonyl (C=O) groups is 2. The standard InChI is InChI=1S/C27H21N7O2S/c1-3-24(36)30-16-9-15(11-28-12-16)20-10-18-21(13-29-20)33-34-26(18)27-31-19-6-4-5-17(25(19)32-27)23-8-7-22(37-23)14(2)35/h4-13H,3H2,1-2H3,(H,30,36)(H,31,32)(H,33,34). The Kier molecular flexibility index (Phi) is 5.57. The molecule has 0 atom stereocenters. The van der Waals surface area contributed by atoms with Crippen LogP contribution >= 0.6 is 11.3 Å². The molecule has 0 aliphatic heterocycles. The van der Waals surface area contributed by atoms with E-state index in [1.165, 1.54) is 11.3 Å². The van der Waals surface area contributed by atoms with Gasteiger partial charge in [-0.2, -0.15) is 5.10 Å². The Bertz CT molecular complexity index is 1810. The van der Waals surface area contributed by atoms with Crippen molar-refractivity contribution in [3.8, 4) is 33.2 Å². The Morgan fingerprint density at radius 3 is 2.76 bits per heavy atom. The molecule has 3 N–H and O–H groups in total. The van der Waals surface area contributed by atoms with Crippen molar-refractivity contribution in [1.82, 2.24) is 30.1 Å². The predicted molar refractivity (Wildman–Crippen MR) is 144 cm³/mol. The van der Waals surface area contributed by atoms with Gasteiger partial charge in [0.15, 0.2) is 11.6 Å². The Balaban J connectivity index is 1.42. The highest BCUT2D eigenvalue weighted by Crippen LogP contribution is 2.35. The molecular weight excluding hydrogens is 486 g/mol. The van der Waals surface area contributed by atoms with Gasteiger partial charge in [-0.05, 0) is 37.3 Å². The van der Waals surface area contributed by atoms with Gasteiger partial charge in [0.25, 0.3) is 0 Å². The first-order valence-corrected chi connectivity index (χ1v) is 12.5. The van der Waals surface area contributed by atoms with Gasteiger partial charge in [0.1, 0.15) is 5.69 Å². The number of H-pyrrole nitrogens is 2. The molecule has 0 aliphatic carbocycles. The summed E-state index contributed by atoms with van der Waals surface area (Å²) in [7, 11) is 0. The molecule has 0 saturated heterocycles. The van der Waals surface area contributed by atoms with E-state index < -0.39 is 0 Å². The SMILES string of the molecule is CCC(=O)Nc1cncc(-c2cc3c(-c4nc5c(-c6ccc(C(C)=O)s6)cccc5[nH]4)n[nH]c3cn2)c1. The molecule has 0 fully saturated rings. The van der Waals surface area contributed by atoms with Crippen LogP contribution in [0.25, 0.3) is 55.2 Å². The maximum atomic E-state index is 11.8. The molecule has 5 aromatic heterocycles. The number of para-hydroxylation sites is 1. The van der Waals surface area contributed by atoms with Crippen molar-refractivity contribution in [3.63, 3.8) is 0 Å². The summed E-state index contributed by atoms with van der Waals surface area (Å²) in [4.78, 5) is 42.4. The zero-order valence-electron chi connectivity index (χ0n) is 20.0. The summed E-state index contributed by atoms with van der Waals surface area (Å²) in [6.45, 7) is 3.37. The van der Waals surface area contributed by atoms with Crippen molar-refractivity contribution in [2.24, 2.45) is 0 Å². The summed E-state index contributed by atoms with van der Waals surface area (Å²) in [5.41, 5.74) is 6.16. The number of amides is 1. The fourth-order valence-electron chi connectivity index (χ4n) is 4.17. The van der Waals surface area contributed by atoms with E-state index >= 15 is 0 Å². The summed E-state index contributed by atoms with van der Waals surface area (Å²) in [5.74, 6) is 0.590. The smallest absolute Gasteiger partial charge is 0.224 e. The second-order valence-corrected chi connectivity index (χ2v) is 9.64. The number of ketones is 1. The first-order chi connectivity index (χ1) is 18.0. The van der Waals surface area contributed by atoms with Crippen LogP contribution in [0.1, 0.15) is 29.9 Å². The van der Waals surface area contributed by atoms with Gasteiger partial charge in [-0.25, -0.2) is 4.98 Å². The van der Waals surface area contributed by atoms with E-state index in [0.717, 1.165) is 37.9 Å². The average molecular weight is 508 g/mol. The van der Waals surface area contributed by atoms with E-state index in [0.29, 0.717) is 34.2 Å². The Morgan fingerprint density at radius 1 is 1.05 bits per heavy atom. The molecular formula is C27H21N7O2S. The van der Waals surface area contributed by atoms with Crippen LogP contribution in [-0.2, 0) is 4.79 Å². The molecule has 0 bridgehead atoms. The second-order valence-electron chi connectivity index (χ2n) is 8.56. The second kappa shape index (κ2) is 9.07. The Hall–Kier alpha value is -4.70. The molecule has 6 aromatic rings. The van der Waals surface area contributed by atoms with Crippen LogP contribution in [0.2, 0.25) is 0 Å². The number of nitrogens with one attached hydrogen (secondary N) is 3. The van der Waals surface area contributed by atoms with Gasteiger partial charge in [0.05, 0.1) is 45.2 Å². The minimum Gasteiger partial charge on any atom is -0.337 e. The maximum absolute atomic E-state index is 11.8. The van der Waals surface area contributed by atoms with E-state index in [1.54, 1.807) is 32.4 Å². The lowest BCUT2D eigenvalue weighted by Gasteiger charge is -2.06. The number of Topliss-reactive ketones (excluding diaryl/α,β-unsaturated/α-hetero) is 1. The van der Waals surface area contributed by atoms with Crippen molar-refractivity contribution in [2.45, 2.75) is 20.3 Å². The zero-order chi connectivity index (χ0) is 25.5. The molecule has 0 spiro atoms. The molecule has 0 unspecified atom stereocenters. The van der Waals surface area contributed by atoms with Gasteiger partial charge >= 0.3 is 0 Å². The van der Waals surface area contributed by atoms with Crippen LogP contribution in [0.3, 0.4) is 0 Å². The molecule has 0 saturated carbocycles. The van der Waals surface area contributed by atoms with Gasteiger partial charge in [0, 0.05) is 34.0 Å². The van der Waals surface area contributed by atoms with Crippen molar-refractivity contribution >= 4 is 50.7 Å². The minimum atomic E-state index is -0.0798. The van der Waals surface area contributed by atoms with Crippen molar-refractivity contribution in [1.29, 1.82) is 0 Å². The lowest BCUT2D eigenvalue weighted by molar-refractivity contribution is -0.115. The van der Waals surface area contributed by atoms with Gasteiger partial charge in [-0.1, -0.05) is 19.1 Å². The Morgan fingerprint density at radius 2 is 1.95 bits per heavy atom. The van der Waals surface area contributed by atoms with Crippen LogP contribution < -0.4 is 5.32 Å². The lowest BCUT2D eigenvalue weighted by atomic mass is 10.1. The number of hydrogen-bond donors (Lipinski definition) is 3. The fraction of sp³-hybridized carbons (Fsp3) is 0.111.